The van der Waals surface area contributed by atoms with Crippen LogP contribution in [0.3, 0.4) is 0 Å². The maximum atomic E-state index is 9.29. The molecule has 1 aromatic heterocycles. The van der Waals surface area contributed by atoms with Gasteiger partial charge in [-0.2, -0.15) is 4.98 Å². The summed E-state index contributed by atoms with van der Waals surface area (Å²) in [6.45, 7) is 4.02. The van der Waals surface area contributed by atoms with E-state index in [9.17, 15) is 5.11 Å². The monoisotopic (exact) mass is 262 g/mol. The van der Waals surface area contributed by atoms with E-state index in [0.29, 0.717) is 24.7 Å². The smallest absolute Gasteiger partial charge is 0.226 e. The Morgan fingerprint density at radius 3 is 2.63 bits per heavy atom. The van der Waals surface area contributed by atoms with Gasteiger partial charge in [0.05, 0.1) is 6.10 Å². The zero-order valence-corrected chi connectivity index (χ0v) is 11.2. The van der Waals surface area contributed by atoms with Crippen LogP contribution in [-0.2, 0) is 19.4 Å². The van der Waals surface area contributed by atoms with Crippen molar-refractivity contribution < 1.29 is 14.4 Å². The zero-order valence-electron chi connectivity index (χ0n) is 11.2. The van der Waals surface area contributed by atoms with E-state index >= 15 is 0 Å². The molecule has 19 heavy (non-hydrogen) atoms. The third-order valence-corrected chi connectivity index (χ3v) is 2.64. The predicted octanol–water partition coefficient (Wildman–Crippen LogP) is 2.13. The molecule has 0 aliphatic carbocycles. The van der Waals surface area contributed by atoms with Crippen LogP contribution in [0.5, 0.6) is 5.75 Å². The fraction of sp³-hybridized carbons (Fsp3) is 0.429. The molecule has 0 spiro atoms. The molecule has 0 amide bonds. The Kier molecular flexibility index (Phi) is 4.52. The third-order valence-electron chi connectivity index (χ3n) is 2.64. The van der Waals surface area contributed by atoms with Crippen molar-refractivity contribution in [1.82, 2.24) is 10.1 Å². The van der Waals surface area contributed by atoms with Crippen molar-refractivity contribution in [3.05, 3.63) is 41.5 Å². The highest BCUT2D eigenvalue weighted by molar-refractivity contribution is 5.27. The molecule has 1 unspecified atom stereocenters. The maximum absolute atomic E-state index is 9.29. The van der Waals surface area contributed by atoms with Crippen molar-refractivity contribution in [3.8, 4) is 5.75 Å². The first-order chi connectivity index (χ1) is 9.17. The number of hydrogen-bond acceptors (Lipinski definition) is 5. The minimum atomic E-state index is -0.335. The highest BCUT2D eigenvalue weighted by atomic mass is 16.5. The van der Waals surface area contributed by atoms with Crippen molar-refractivity contribution in [2.75, 3.05) is 0 Å². The minimum absolute atomic E-state index is 0.291. The number of aliphatic hydroxyl groups is 1. The van der Waals surface area contributed by atoms with Gasteiger partial charge in [-0.25, -0.2) is 0 Å². The Labute approximate surface area is 112 Å². The molecule has 5 heteroatoms. The highest BCUT2D eigenvalue weighted by Crippen LogP contribution is 2.14. The standard InChI is InChI=1S/C14H18N2O3/c1-3-14-15-13(16-19-14)9-18-12-6-4-11(5-7-12)8-10(2)17/h4-7,10,17H,3,8-9H2,1-2H3. The van der Waals surface area contributed by atoms with Gasteiger partial charge in [0.25, 0.3) is 0 Å². The van der Waals surface area contributed by atoms with Crippen molar-refractivity contribution in [2.24, 2.45) is 0 Å². The number of nitrogens with zero attached hydrogens (tertiary/aromatic N) is 2. The molecule has 0 bridgehead atoms. The number of ether oxygens (including phenoxy) is 1. The van der Waals surface area contributed by atoms with E-state index in [0.717, 1.165) is 17.7 Å². The summed E-state index contributed by atoms with van der Waals surface area (Å²) < 4.78 is 10.6. The van der Waals surface area contributed by atoms with Crippen LogP contribution in [0.1, 0.15) is 31.1 Å². The molecule has 102 valence electrons. The summed E-state index contributed by atoms with van der Waals surface area (Å²) in [6, 6.07) is 7.63. The zero-order chi connectivity index (χ0) is 13.7. The minimum Gasteiger partial charge on any atom is -0.485 e. The van der Waals surface area contributed by atoms with Crippen LogP contribution in [0.25, 0.3) is 0 Å². The summed E-state index contributed by atoms with van der Waals surface area (Å²) in [5.74, 6) is 1.91. The van der Waals surface area contributed by atoms with E-state index in [4.69, 9.17) is 9.26 Å². The van der Waals surface area contributed by atoms with Crippen molar-refractivity contribution in [2.45, 2.75) is 39.4 Å². The van der Waals surface area contributed by atoms with Gasteiger partial charge in [0, 0.05) is 6.42 Å². The Bertz CT molecular complexity index is 506. The molecule has 1 atom stereocenters. The van der Waals surface area contributed by atoms with Gasteiger partial charge < -0.3 is 14.4 Å². The lowest BCUT2D eigenvalue weighted by Crippen LogP contribution is -2.04. The summed E-state index contributed by atoms with van der Waals surface area (Å²) in [5, 5.41) is 13.1. The van der Waals surface area contributed by atoms with Gasteiger partial charge in [0.2, 0.25) is 11.7 Å². The number of benzene rings is 1. The Morgan fingerprint density at radius 1 is 1.32 bits per heavy atom. The second kappa shape index (κ2) is 6.33. The lowest BCUT2D eigenvalue weighted by atomic mass is 10.1. The van der Waals surface area contributed by atoms with Crippen molar-refractivity contribution in [3.63, 3.8) is 0 Å². The topological polar surface area (TPSA) is 68.4 Å². The number of aliphatic hydroxyl groups excluding tert-OH is 1. The average Bonchev–Trinajstić information content (AvgIpc) is 2.85. The Hall–Kier alpha value is -1.88. The normalized spacial score (nSPS) is 12.4. The molecule has 0 saturated heterocycles. The lowest BCUT2D eigenvalue weighted by molar-refractivity contribution is 0.195. The summed E-state index contributed by atoms with van der Waals surface area (Å²) >= 11 is 0. The molecule has 0 fully saturated rings. The van der Waals surface area contributed by atoms with Crippen molar-refractivity contribution in [1.29, 1.82) is 0 Å². The van der Waals surface area contributed by atoms with Crippen LogP contribution < -0.4 is 4.74 Å². The second-order valence-corrected chi connectivity index (χ2v) is 4.44. The van der Waals surface area contributed by atoms with Crippen LogP contribution in [0.15, 0.2) is 28.8 Å². The van der Waals surface area contributed by atoms with Gasteiger partial charge in [-0.1, -0.05) is 24.2 Å². The fourth-order valence-corrected chi connectivity index (χ4v) is 1.70. The Balaban J connectivity index is 1.89. The predicted molar refractivity (Wildman–Crippen MR) is 69.8 cm³/mol. The summed E-state index contributed by atoms with van der Waals surface area (Å²) in [6.07, 6.45) is 1.03. The largest absolute Gasteiger partial charge is 0.485 e. The van der Waals surface area contributed by atoms with Gasteiger partial charge in [-0.05, 0) is 31.0 Å². The molecule has 1 aromatic carbocycles. The van der Waals surface area contributed by atoms with Gasteiger partial charge in [0.15, 0.2) is 6.61 Å². The van der Waals surface area contributed by atoms with E-state index < -0.39 is 0 Å². The molecule has 1 heterocycles. The second-order valence-electron chi connectivity index (χ2n) is 4.44. The lowest BCUT2D eigenvalue weighted by Gasteiger charge is -2.06. The highest BCUT2D eigenvalue weighted by Gasteiger charge is 2.05. The summed E-state index contributed by atoms with van der Waals surface area (Å²) in [7, 11) is 0. The number of rotatable bonds is 6. The first kappa shape index (κ1) is 13.5. The third kappa shape index (κ3) is 4.06. The van der Waals surface area contributed by atoms with E-state index in [1.165, 1.54) is 0 Å². The average molecular weight is 262 g/mol. The SMILES string of the molecule is CCc1nc(COc2ccc(CC(C)O)cc2)no1. The van der Waals surface area contributed by atoms with Crippen LogP contribution in [0, 0.1) is 0 Å². The molecular formula is C14H18N2O3. The maximum Gasteiger partial charge on any atom is 0.226 e. The van der Waals surface area contributed by atoms with Crippen LogP contribution >= 0.6 is 0 Å². The number of hydrogen-bond donors (Lipinski definition) is 1. The number of aryl methyl sites for hydroxylation is 1. The number of aromatic nitrogens is 2. The van der Waals surface area contributed by atoms with Gasteiger partial charge in [-0.15, -0.1) is 0 Å². The quantitative estimate of drug-likeness (QED) is 0.863. The molecule has 0 saturated carbocycles. The van der Waals surface area contributed by atoms with Gasteiger partial charge in [0.1, 0.15) is 5.75 Å². The molecule has 0 radical (unpaired) electrons. The summed E-state index contributed by atoms with van der Waals surface area (Å²) in [4.78, 5) is 4.16. The first-order valence-electron chi connectivity index (χ1n) is 6.38. The van der Waals surface area contributed by atoms with E-state index in [2.05, 4.69) is 10.1 Å². The van der Waals surface area contributed by atoms with Crippen LogP contribution in [0.2, 0.25) is 0 Å². The molecule has 0 aliphatic rings. The molecule has 5 nitrogen and oxygen atoms in total. The van der Waals surface area contributed by atoms with E-state index in [1.54, 1.807) is 6.92 Å². The molecular weight excluding hydrogens is 244 g/mol. The van der Waals surface area contributed by atoms with Crippen molar-refractivity contribution >= 4 is 0 Å². The first-order valence-corrected chi connectivity index (χ1v) is 6.38. The molecule has 1 N–H and O–H groups in total. The van der Waals surface area contributed by atoms with Crippen LogP contribution in [-0.4, -0.2) is 21.4 Å². The molecule has 2 rings (SSSR count). The van der Waals surface area contributed by atoms with Crippen LogP contribution in [0.4, 0.5) is 0 Å². The van der Waals surface area contributed by atoms with Gasteiger partial charge in [-0.3, -0.25) is 0 Å². The van der Waals surface area contributed by atoms with E-state index in [-0.39, 0.29) is 6.10 Å². The molecule has 0 aliphatic heterocycles. The fourth-order valence-electron chi connectivity index (χ4n) is 1.70. The Morgan fingerprint density at radius 2 is 2.05 bits per heavy atom. The van der Waals surface area contributed by atoms with Gasteiger partial charge >= 0.3 is 0 Å². The molecule has 2 aromatic rings. The summed E-state index contributed by atoms with van der Waals surface area (Å²) in [5.41, 5.74) is 1.08. The van der Waals surface area contributed by atoms with E-state index in [1.807, 2.05) is 31.2 Å².